The van der Waals surface area contributed by atoms with Gasteiger partial charge < -0.3 is 4.12 Å². The van der Waals surface area contributed by atoms with Crippen LogP contribution >= 0.6 is 0 Å². The Kier molecular flexibility index (Phi) is 5.13. The van der Waals surface area contributed by atoms with E-state index in [1.165, 1.54) is 0 Å². The van der Waals surface area contributed by atoms with Gasteiger partial charge in [0.1, 0.15) is 10.5 Å². The summed E-state index contributed by atoms with van der Waals surface area (Å²) in [6.45, 7) is 7.88. The van der Waals surface area contributed by atoms with E-state index in [-0.39, 0.29) is 5.92 Å². The van der Waals surface area contributed by atoms with Crippen LogP contribution < -0.4 is 0 Å². The maximum absolute atomic E-state index is 8.58. The largest absolute Gasteiger partial charge is 0.461 e. The van der Waals surface area contributed by atoms with Crippen LogP contribution in [0.5, 0.6) is 0 Å². The molecule has 0 saturated carbocycles. The predicted molar refractivity (Wildman–Crippen MR) is 57.0 cm³/mol. The van der Waals surface area contributed by atoms with Gasteiger partial charge in [-0.3, -0.25) is 0 Å². The third-order valence-corrected chi connectivity index (χ3v) is 8.07. The Balaban J connectivity index is 3.90. The minimum atomic E-state index is -1.60. The van der Waals surface area contributed by atoms with Gasteiger partial charge in [-0.25, -0.2) is 0 Å². The van der Waals surface area contributed by atoms with Crippen molar-refractivity contribution in [3.8, 4) is 6.07 Å². The molecule has 0 aromatic heterocycles. The van der Waals surface area contributed by atoms with Gasteiger partial charge in [0.05, 0.1) is 6.07 Å². The molecule has 0 saturated heterocycles. The fraction of sp³-hybridized carbons (Fsp3) is 0.625. The summed E-state index contributed by atoms with van der Waals surface area (Å²) in [4.78, 5) is 0. The Bertz CT molecular complexity index is 190. The standard InChI is InChI=1S/C8H17NOSi2/c1-4-12(3,10-11)6-5-8(2)7-9/h4,8H,1,5-6H2,2-3,11H3. The Morgan fingerprint density at radius 2 is 2.42 bits per heavy atom. The first-order chi connectivity index (χ1) is 5.58. The lowest BCUT2D eigenvalue weighted by Crippen LogP contribution is -2.31. The number of rotatable bonds is 5. The van der Waals surface area contributed by atoms with Gasteiger partial charge >= 0.3 is 0 Å². The fourth-order valence-corrected chi connectivity index (χ4v) is 3.55. The summed E-state index contributed by atoms with van der Waals surface area (Å²) in [6, 6.07) is 3.25. The molecule has 0 aromatic carbocycles. The third kappa shape index (κ3) is 3.86. The molecule has 0 amide bonds. The van der Waals surface area contributed by atoms with E-state index in [0.717, 1.165) is 23.0 Å². The summed E-state index contributed by atoms with van der Waals surface area (Å²) in [5.74, 6) is 0.147. The van der Waals surface area contributed by atoms with Crippen molar-refractivity contribution >= 4 is 18.8 Å². The summed E-state index contributed by atoms with van der Waals surface area (Å²) < 4.78 is 5.53. The average Bonchev–Trinajstić information content (AvgIpc) is 2.13. The summed E-state index contributed by atoms with van der Waals surface area (Å²) in [5.41, 5.74) is 1.96. The Labute approximate surface area is 78.9 Å². The predicted octanol–water partition coefficient (Wildman–Crippen LogP) is 1.13. The lowest BCUT2D eigenvalue weighted by atomic mass is 10.1. The van der Waals surface area contributed by atoms with Gasteiger partial charge in [0.15, 0.2) is 0 Å². The maximum Gasteiger partial charge on any atom is 0.200 e. The van der Waals surface area contributed by atoms with E-state index >= 15 is 0 Å². The van der Waals surface area contributed by atoms with Crippen molar-refractivity contribution < 1.29 is 4.12 Å². The zero-order valence-electron chi connectivity index (χ0n) is 8.13. The third-order valence-electron chi connectivity index (χ3n) is 2.19. The molecule has 0 aromatic rings. The molecule has 68 valence electrons. The highest BCUT2D eigenvalue weighted by molar-refractivity contribution is 6.79. The quantitative estimate of drug-likeness (QED) is 0.622. The fourth-order valence-electron chi connectivity index (χ4n) is 0.855. The van der Waals surface area contributed by atoms with Crippen LogP contribution in [0.25, 0.3) is 0 Å². The van der Waals surface area contributed by atoms with Crippen molar-refractivity contribution in [3.05, 3.63) is 12.3 Å². The van der Waals surface area contributed by atoms with E-state index in [1.807, 2.05) is 12.6 Å². The van der Waals surface area contributed by atoms with Gasteiger partial charge in [-0.1, -0.05) is 5.70 Å². The molecule has 2 atom stereocenters. The Morgan fingerprint density at radius 1 is 1.83 bits per heavy atom. The molecule has 4 heteroatoms. The average molecular weight is 199 g/mol. The minimum absolute atomic E-state index is 0.147. The van der Waals surface area contributed by atoms with Gasteiger partial charge in [-0.2, -0.15) is 5.26 Å². The maximum atomic E-state index is 8.58. The van der Waals surface area contributed by atoms with Crippen molar-refractivity contribution in [3.63, 3.8) is 0 Å². The lowest BCUT2D eigenvalue weighted by Gasteiger charge is -2.21. The van der Waals surface area contributed by atoms with Crippen LogP contribution in [0.1, 0.15) is 13.3 Å². The van der Waals surface area contributed by atoms with Gasteiger partial charge in [-0.05, 0) is 25.9 Å². The molecule has 0 heterocycles. The smallest absolute Gasteiger partial charge is 0.200 e. The second-order valence-corrected chi connectivity index (χ2v) is 8.46. The van der Waals surface area contributed by atoms with E-state index in [4.69, 9.17) is 9.38 Å². The molecule has 0 aliphatic heterocycles. The zero-order chi connectivity index (χ0) is 9.61. The molecular weight excluding hydrogens is 182 g/mol. The van der Waals surface area contributed by atoms with Gasteiger partial charge in [0, 0.05) is 5.92 Å². The van der Waals surface area contributed by atoms with Crippen molar-refractivity contribution in [1.82, 2.24) is 0 Å². The Hall–Kier alpha value is -0.376. The summed E-state index contributed by atoms with van der Waals surface area (Å²) in [6.07, 6.45) is 0.938. The summed E-state index contributed by atoms with van der Waals surface area (Å²) in [7, 11) is -0.826. The molecular formula is C8H17NOSi2. The summed E-state index contributed by atoms with van der Waals surface area (Å²) in [5, 5.41) is 8.58. The molecule has 0 rings (SSSR count). The first kappa shape index (κ1) is 11.6. The molecule has 0 radical (unpaired) electrons. The van der Waals surface area contributed by atoms with Crippen molar-refractivity contribution in [2.75, 3.05) is 0 Å². The Morgan fingerprint density at radius 3 is 2.75 bits per heavy atom. The van der Waals surface area contributed by atoms with Crippen LogP contribution in [0, 0.1) is 17.2 Å². The SMILES string of the molecule is C=C[Si](C)(CCC(C)C#N)O[SiH3]. The molecule has 0 fully saturated rings. The second-order valence-electron chi connectivity index (χ2n) is 3.29. The lowest BCUT2D eigenvalue weighted by molar-refractivity contribution is 0.591. The van der Waals surface area contributed by atoms with Crippen LogP contribution in [-0.4, -0.2) is 18.8 Å². The van der Waals surface area contributed by atoms with Crippen molar-refractivity contribution in [2.24, 2.45) is 5.92 Å². The van der Waals surface area contributed by atoms with Crippen LogP contribution in [0.15, 0.2) is 12.3 Å². The number of nitrogens with zero attached hydrogens (tertiary/aromatic N) is 1. The minimum Gasteiger partial charge on any atom is -0.461 e. The van der Waals surface area contributed by atoms with Gasteiger partial charge in [0.2, 0.25) is 8.32 Å². The van der Waals surface area contributed by atoms with E-state index in [9.17, 15) is 0 Å². The first-order valence-corrected chi connectivity index (χ1v) is 7.67. The van der Waals surface area contributed by atoms with Crippen LogP contribution in [-0.2, 0) is 4.12 Å². The molecule has 0 bridgehead atoms. The highest BCUT2D eigenvalue weighted by Gasteiger charge is 2.22. The zero-order valence-corrected chi connectivity index (χ0v) is 11.1. The van der Waals surface area contributed by atoms with E-state index < -0.39 is 8.32 Å². The monoisotopic (exact) mass is 199 g/mol. The molecule has 0 N–H and O–H groups in total. The number of hydrogen-bond donors (Lipinski definition) is 0. The van der Waals surface area contributed by atoms with E-state index in [1.54, 1.807) is 0 Å². The summed E-state index contributed by atoms with van der Waals surface area (Å²) >= 11 is 0. The van der Waals surface area contributed by atoms with Crippen LogP contribution in [0.2, 0.25) is 12.6 Å². The van der Waals surface area contributed by atoms with E-state index in [2.05, 4.69) is 19.2 Å². The van der Waals surface area contributed by atoms with Crippen LogP contribution in [0.3, 0.4) is 0 Å². The second kappa shape index (κ2) is 5.30. The van der Waals surface area contributed by atoms with Gasteiger partial charge in [0.25, 0.3) is 0 Å². The molecule has 0 aliphatic rings. The molecule has 0 aliphatic carbocycles. The molecule has 12 heavy (non-hydrogen) atoms. The van der Waals surface area contributed by atoms with Crippen molar-refractivity contribution in [1.29, 1.82) is 5.26 Å². The molecule has 0 spiro atoms. The number of nitriles is 1. The highest BCUT2D eigenvalue weighted by atomic mass is 28.4. The van der Waals surface area contributed by atoms with Crippen LogP contribution in [0.4, 0.5) is 0 Å². The number of hydrogen-bond acceptors (Lipinski definition) is 2. The highest BCUT2D eigenvalue weighted by Crippen LogP contribution is 2.17. The molecule has 2 unspecified atom stereocenters. The van der Waals surface area contributed by atoms with Crippen molar-refractivity contribution in [2.45, 2.75) is 25.9 Å². The first-order valence-electron chi connectivity index (χ1n) is 4.16. The normalized spacial score (nSPS) is 17.8. The van der Waals surface area contributed by atoms with E-state index in [0.29, 0.717) is 0 Å². The molecule has 2 nitrogen and oxygen atoms in total. The topological polar surface area (TPSA) is 33.0 Å². The van der Waals surface area contributed by atoms with Gasteiger partial charge in [-0.15, -0.1) is 6.58 Å².